The standard InChI is InChI=1S/C27H30BrF4N3O5/c1-14(34-24(38)40-25(2,3)4)15-6-5-7-17(27(30,31)32)22(15)39-13-26(8-9-26)12-21(36)35-20-11-19(29)18(28)10-16(20)23(33)37/h5-7,10-11,14H,8-9,12-13H2,1-4H3,(H2,33,37)(H,34,38)(H,35,36)/t14-/m1/s1. The van der Waals surface area contributed by atoms with E-state index < -0.39 is 58.3 Å². The maximum atomic E-state index is 14.0. The molecule has 1 aliphatic rings. The van der Waals surface area contributed by atoms with Crippen molar-refractivity contribution in [2.45, 2.75) is 64.8 Å². The predicted octanol–water partition coefficient (Wildman–Crippen LogP) is 6.48. The van der Waals surface area contributed by atoms with Gasteiger partial charge in [0.05, 0.1) is 33.9 Å². The SMILES string of the molecule is C[C@@H](NC(=O)OC(C)(C)C)c1cccc(C(F)(F)F)c1OCC1(CC(=O)Nc2cc(F)c(Br)cc2C(N)=O)CC1. The molecule has 0 aromatic heterocycles. The van der Waals surface area contributed by atoms with E-state index in [9.17, 15) is 31.9 Å². The van der Waals surface area contributed by atoms with Gasteiger partial charge in [-0.05, 0) is 74.7 Å². The van der Waals surface area contributed by atoms with E-state index in [1.165, 1.54) is 19.1 Å². The molecule has 218 valence electrons. The van der Waals surface area contributed by atoms with Gasteiger partial charge in [0.25, 0.3) is 5.91 Å². The Hall–Kier alpha value is -3.35. The van der Waals surface area contributed by atoms with Crippen molar-refractivity contribution >= 4 is 39.5 Å². The fourth-order valence-electron chi connectivity index (χ4n) is 4.01. The summed E-state index contributed by atoms with van der Waals surface area (Å²) in [5.41, 5.74) is 2.56. The minimum Gasteiger partial charge on any atom is -0.492 e. The lowest BCUT2D eigenvalue weighted by atomic mass is 10.0. The Morgan fingerprint density at radius 2 is 1.80 bits per heavy atom. The van der Waals surface area contributed by atoms with Crippen LogP contribution in [0.15, 0.2) is 34.8 Å². The number of amides is 3. The molecule has 1 saturated carbocycles. The lowest BCUT2D eigenvalue weighted by Crippen LogP contribution is -2.34. The number of hydrogen-bond donors (Lipinski definition) is 3. The number of nitrogens with one attached hydrogen (secondary N) is 2. The summed E-state index contributed by atoms with van der Waals surface area (Å²) in [5.74, 6) is -2.66. The van der Waals surface area contributed by atoms with E-state index in [1.807, 2.05) is 0 Å². The molecule has 0 saturated heterocycles. The molecule has 1 fully saturated rings. The van der Waals surface area contributed by atoms with Gasteiger partial charge in [-0.25, -0.2) is 9.18 Å². The Bertz CT molecular complexity index is 1310. The van der Waals surface area contributed by atoms with Gasteiger partial charge in [0.1, 0.15) is 17.2 Å². The summed E-state index contributed by atoms with van der Waals surface area (Å²) >= 11 is 2.96. The Balaban J connectivity index is 1.78. The first kappa shape index (κ1) is 31.2. The van der Waals surface area contributed by atoms with Crippen molar-refractivity contribution in [3.8, 4) is 5.75 Å². The van der Waals surface area contributed by atoms with E-state index in [1.54, 1.807) is 20.8 Å². The molecule has 0 bridgehead atoms. The second-order valence-electron chi connectivity index (χ2n) is 10.8. The molecule has 13 heteroatoms. The largest absolute Gasteiger partial charge is 0.492 e. The predicted molar refractivity (Wildman–Crippen MR) is 142 cm³/mol. The summed E-state index contributed by atoms with van der Waals surface area (Å²) in [7, 11) is 0. The first-order valence-corrected chi connectivity index (χ1v) is 13.1. The second kappa shape index (κ2) is 11.6. The summed E-state index contributed by atoms with van der Waals surface area (Å²) in [6, 6.07) is 4.69. The zero-order valence-corrected chi connectivity index (χ0v) is 23.9. The van der Waals surface area contributed by atoms with Gasteiger partial charge in [-0.3, -0.25) is 9.59 Å². The molecule has 4 N–H and O–H groups in total. The number of benzene rings is 2. The number of ether oxygens (including phenoxy) is 2. The molecule has 40 heavy (non-hydrogen) atoms. The molecular formula is C27H30BrF4N3O5. The Kier molecular flexibility index (Phi) is 9.07. The molecule has 0 unspecified atom stereocenters. The summed E-state index contributed by atoms with van der Waals surface area (Å²) in [4.78, 5) is 36.8. The van der Waals surface area contributed by atoms with Crippen LogP contribution in [0.1, 0.15) is 74.5 Å². The molecule has 0 radical (unpaired) electrons. The summed E-state index contributed by atoms with van der Waals surface area (Å²) in [6.45, 7) is 6.24. The van der Waals surface area contributed by atoms with Gasteiger partial charge in [0.15, 0.2) is 0 Å². The maximum absolute atomic E-state index is 14.0. The van der Waals surface area contributed by atoms with Crippen molar-refractivity contribution in [1.82, 2.24) is 5.32 Å². The molecule has 2 aromatic carbocycles. The average molecular weight is 632 g/mol. The average Bonchev–Trinajstić information content (AvgIpc) is 3.56. The maximum Gasteiger partial charge on any atom is 0.419 e. The molecule has 3 rings (SSSR count). The zero-order valence-electron chi connectivity index (χ0n) is 22.3. The number of anilines is 1. The van der Waals surface area contributed by atoms with Crippen molar-refractivity contribution in [3.63, 3.8) is 0 Å². The van der Waals surface area contributed by atoms with Crippen LogP contribution in [0.4, 0.5) is 28.0 Å². The highest BCUT2D eigenvalue weighted by atomic mass is 79.9. The van der Waals surface area contributed by atoms with Crippen LogP contribution in [0, 0.1) is 11.2 Å². The highest BCUT2D eigenvalue weighted by Crippen LogP contribution is 2.50. The molecule has 0 spiro atoms. The Labute approximate surface area is 237 Å². The van der Waals surface area contributed by atoms with Crippen molar-refractivity contribution < 1.29 is 41.4 Å². The minimum atomic E-state index is -4.75. The highest BCUT2D eigenvalue weighted by molar-refractivity contribution is 9.10. The van der Waals surface area contributed by atoms with Crippen LogP contribution in [0.3, 0.4) is 0 Å². The fourth-order valence-corrected chi connectivity index (χ4v) is 4.35. The lowest BCUT2D eigenvalue weighted by molar-refractivity contribution is -0.139. The third-order valence-corrected chi connectivity index (χ3v) is 6.77. The normalized spacial score (nSPS) is 15.1. The third-order valence-electron chi connectivity index (χ3n) is 6.17. The van der Waals surface area contributed by atoms with E-state index in [2.05, 4.69) is 26.6 Å². The number of nitrogens with two attached hydrogens (primary N) is 1. The number of primary amides is 1. The van der Waals surface area contributed by atoms with Crippen LogP contribution in [0.2, 0.25) is 0 Å². The van der Waals surface area contributed by atoms with Crippen LogP contribution in [0.5, 0.6) is 5.75 Å². The number of hydrogen-bond acceptors (Lipinski definition) is 5. The summed E-state index contributed by atoms with van der Waals surface area (Å²) in [6.07, 6.45) is -4.72. The van der Waals surface area contributed by atoms with E-state index in [0.717, 1.165) is 18.2 Å². The highest BCUT2D eigenvalue weighted by Gasteiger charge is 2.46. The van der Waals surface area contributed by atoms with Crippen molar-refractivity contribution in [2.24, 2.45) is 11.1 Å². The smallest absolute Gasteiger partial charge is 0.419 e. The monoisotopic (exact) mass is 631 g/mol. The van der Waals surface area contributed by atoms with Crippen LogP contribution in [0.25, 0.3) is 0 Å². The minimum absolute atomic E-state index is 0.0131. The summed E-state index contributed by atoms with van der Waals surface area (Å²) in [5, 5.41) is 4.98. The number of halogens is 5. The van der Waals surface area contributed by atoms with Crippen molar-refractivity contribution in [1.29, 1.82) is 0 Å². The van der Waals surface area contributed by atoms with Gasteiger partial charge in [-0.2, -0.15) is 13.2 Å². The number of rotatable bonds is 9. The zero-order chi connectivity index (χ0) is 30.0. The third kappa shape index (κ3) is 8.09. The van der Waals surface area contributed by atoms with E-state index in [0.29, 0.717) is 12.8 Å². The van der Waals surface area contributed by atoms with Gasteiger partial charge >= 0.3 is 12.3 Å². The summed E-state index contributed by atoms with van der Waals surface area (Å²) < 4.78 is 66.7. The fraction of sp³-hybridized carbons (Fsp3) is 0.444. The first-order valence-electron chi connectivity index (χ1n) is 12.3. The van der Waals surface area contributed by atoms with E-state index in [4.69, 9.17) is 15.2 Å². The van der Waals surface area contributed by atoms with Gasteiger partial charge in [0.2, 0.25) is 5.91 Å². The van der Waals surface area contributed by atoms with Crippen LogP contribution in [-0.2, 0) is 15.7 Å². The quantitative estimate of drug-likeness (QED) is 0.274. The van der Waals surface area contributed by atoms with Gasteiger partial charge in [0, 0.05) is 17.4 Å². The van der Waals surface area contributed by atoms with Crippen LogP contribution >= 0.6 is 15.9 Å². The van der Waals surface area contributed by atoms with Crippen LogP contribution < -0.4 is 21.1 Å². The Morgan fingerprint density at radius 3 is 2.35 bits per heavy atom. The number of para-hydroxylation sites is 1. The van der Waals surface area contributed by atoms with Gasteiger partial charge < -0.3 is 25.8 Å². The topological polar surface area (TPSA) is 120 Å². The lowest BCUT2D eigenvalue weighted by Gasteiger charge is -2.25. The first-order chi connectivity index (χ1) is 18.4. The molecule has 8 nitrogen and oxygen atoms in total. The Morgan fingerprint density at radius 1 is 1.15 bits per heavy atom. The van der Waals surface area contributed by atoms with E-state index in [-0.39, 0.29) is 34.3 Å². The number of carbonyl (C=O) groups excluding carboxylic acids is 3. The molecular weight excluding hydrogens is 602 g/mol. The molecule has 2 aromatic rings. The van der Waals surface area contributed by atoms with Crippen LogP contribution in [-0.4, -0.2) is 30.1 Å². The van der Waals surface area contributed by atoms with Crippen molar-refractivity contribution in [3.05, 3.63) is 57.3 Å². The molecule has 1 atom stereocenters. The van der Waals surface area contributed by atoms with E-state index >= 15 is 0 Å². The number of alkyl carbamates (subject to hydrolysis) is 1. The molecule has 0 heterocycles. The second-order valence-corrected chi connectivity index (χ2v) is 11.6. The van der Waals surface area contributed by atoms with Gasteiger partial charge in [-0.15, -0.1) is 0 Å². The molecule has 3 amide bonds. The van der Waals surface area contributed by atoms with Crippen molar-refractivity contribution in [2.75, 3.05) is 11.9 Å². The molecule has 0 aliphatic heterocycles. The van der Waals surface area contributed by atoms with Gasteiger partial charge in [-0.1, -0.05) is 12.1 Å². The number of carbonyl (C=O) groups is 3. The number of alkyl halides is 3. The molecule has 1 aliphatic carbocycles.